The number of hydrogen-bond acceptors (Lipinski definition) is 6. The lowest BCUT2D eigenvalue weighted by molar-refractivity contribution is -0.146. The summed E-state index contributed by atoms with van der Waals surface area (Å²) in [6.07, 6.45) is 3.50. The molecule has 0 aliphatic carbocycles. The van der Waals surface area contributed by atoms with E-state index >= 15 is 0 Å². The monoisotopic (exact) mass is 463 g/mol. The number of aliphatic imine (C=N–C) groups is 1. The maximum Gasteiger partial charge on any atom is 0.334 e. The van der Waals surface area contributed by atoms with Crippen LogP contribution >= 0.6 is 0 Å². The van der Waals surface area contributed by atoms with Crippen LogP contribution in [0.15, 0.2) is 59.6 Å². The van der Waals surface area contributed by atoms with Gasteiger partial charge in [0.1, 0.15) is 13.2 Å². The summed E-state index contributed by atoms with van der Waals surface area (Å²) in [5, 5.41) is 9.10. The molecule has 5 atom stereocenters. The molecule has 2 aromatic carbocycles. The predicted molar refractivity (Wildman–Crippen MR) is 124 cm³/mol. The number of rotatable bonds is 9. The fourth-order valence-corrected chi connectivity index (χ4v) is 5.39. The zero-order chi connectivity index (χ0) is 23.5. The molecule has 178 valence electrons. The third-order valence-corrected chi connectivity index (χ3v) is 7.06. The van der Waals surface area contributed by atoms with Crippen LogP contribution in [-0.4, -0.2) is 47.8 Å². The second kappa shape index (κ2) is 9.97. The Balaban J connectivity index is 1.27. The lowest BCUT2D eigenvalue weighted by atomic mass is 9.75. The van der Waals surface area contributed by atoms with Gasteiger partial charge in [-0.3, -0.25) is 4.79 Å². The average molecular weight is 464 g/mol. The van der Waals surface area contributed by atoms with Crippen LogP contribution in [0.2, 0.25) is 0 Å². The molecule has 0 aromatic heterocycles. The largest absolute Gasteiger partial charge is 0.481 e. The molecule has 5 rings (SSSR count). The summed E-state index contributed by atoms with van der Waals surface area (Å²) in [7, 11) is 0. The molecule has 0 saturated carbocycles. The normalized spacial score (nSPS) is 27.3. The third kappa shape index (κ3) is 4.85. The van der Waals surface area contributed by atoms with E-state index < -0.39 is 12.0 Å². The van der Waals surface area contributed by atoms with Crippen molar-refractivity contribution in [1.82, 2.24) is 0 Å². The third-order valence-electron chi connectivity index (χ3n) is 7.06. The fraction of sp³-hybridized carbons (Fsp3) is 0.444. The first-order valence-electron chi connectivity index (χ1n) is 11.9. The maximum atomic E-state index is 12.6. The smallest absolute Gasteiger partial charge is 0.334 e. The predicted octanol–water partition coefficient (Wildman–Crippen LogP) is 3.58. The molecular weight excluding hydrogens is 434 g/mol. The second-order valence-electron chi connectivity index (χ2n) is 9.23. The summed E-state index contributed by atoms with van der Waals surface area (Å²) in [4.78, 5) is 28.3. The van der Waals surface area contributed by atoms with Crippen LogP contribution in [0.25, 0.3) is 0 Å². The van der Waals surface area contributed by atoms with Crippen molar-refractivity contribution < 1.29 is 28.9 Å². The van der Waals surface area contributed by atoms with Crippen molar-refractivity contribution >= 4 is 17.8 Å². The molecule has 5 unspecified atom stereocenters. The zero-order valence-electron chi connectivity index (χ0n) is 19.0. The Labute approximate surface area is 198 Å². The highest BCUT2D eigenvalue weighted by molar-refractivity contribution is 5.87. The Morgan fingerprint density at radius 3 is 2.53 bits per heavy atom. The van der Waals surface area contributed by atoms with Gasteiger partial charge in [-0.15, -0.1) is 0 Å². The molecule has 2 bridgehead atoms. The minimum atomic E-state index is -0.796. The first-order valence-corrected chi connectivity index (χ1v) is 11.9. The van der Waals surface area contributed by atoms with E-state index in [0.717, 1.165) is 36.0 Å². The highest BCUT2D eigenvalue weighted by Crippen LogP contribution is 2.46. The van der Waals surface area contributed by atoms with E-state index in [9.17, 15) is 9.59 Å². The summed E-state index contributed by atoms with van der Waals surface area (Å²) >= 11 is 0. The number of esters is 1. The molecule has 0 amide bonds. The lowest BCUT2D eigenvalue weighted by Crippen LogP contribution is -2.35. The molecular formula is C27H29NO6. The van der Waals surface area contributed by atoms with E-state index in [4.69, 9.17) is 19.3 Å². The van der Waals surface area contributed by atoms with Crippen molar-refractivity contribution in [2.24, 2.45) is 16.8 Å². The van der Waals surface area contributed by atoms with Crippen LogP contribution in [0.3, 0.4) is 0 Å². The average Bonchev–Trinajstić information content (AvgIpc) is 3.59. The van der Waals surface area contributed by atoms with Gasteiger partial charge in [-0.25, -0.2) is 9.79 Å². The van der Waals surface area contributed by atoms with Crippen molar-refractivity contribution in [2.45, 2.75) is 57.0 Å². The Morgan fingerprint density at radius 2 is 1.74 bits per heavy atom. The van der Waals surface area contributed by atoms with Crippen molar-refractivity contribution in [3.63, 3.8) is 0 Å². The molecule has 7 nitrogen and oxygen atoms in total. The Hall–Kier alpha value is -3.19. The molecule has 2 saturated heterocycles. The van der Waals surface area contributed by atoms with Crippen molar-refractivity contribution in [3.05, 3.63) is 71.3 Å². The SMILES string of the molecule is O=C(O)CCc1ccccc1CC1C2CCC(O2)C1C1=NC(C(=O)OCc2ccccc2)CO1. The van der Waals surface area contributed by atoms with Crippen molar-refractivity contribution in [1.29, 1.82) is 0 Å². The van der Waals surface area contributed by atoms with Gasteiger partial charge in [0.2, 0.25) is 0 Å². The van der Waals surface area contributed by atoms with Crippen LogP contribution in [-0.2, 0) is 43.2 Å². The first-order chi connectivity index (χ1) is 16.6. The molecule has 3 aliphatic heterocycles. The summed E-state index contributed by atoms with van der Waals surface area (Å²) in [5.74, 6) is -0.393. The standard InChI is InChI=1S/C27H29NO6/c29-24(30)13-10-18-8-4-5-9-19(18)14-20-22-11-12-23(34-22)25(20)26-28-21(16-32-26)27(31)33-15-17-6-2-1-3-7-17/h1-9,20-23,25H,10-16H2,(H,29,30). The number of ether oxygens (including phenoxy) is 3. The van der Waals surface area contributed by atoms with E-state index in [-0.39, 0.29) is 49.6 Å². The van der Waals surface area contributed by atoms with Crippen molar-refractivity contribution in [3.8, 4) is 0 Å². The van der Waals surface area contributed by atoms with Gasteiger partial charge >= 0.3 is 11.9 Å². The number of carboxylic acids is 1. The van der Waals surface area contributed by atoms with Gasteiger partial charge in [0, 0.05) is 12.3 Å². The van der Waals surface area contributed by atoms with Gasteiger partial charge in [0.15, 0.2) is 11.9 Å². The van der Waals surface area contributed by atoms with Gasteiger partial charge in [0.25, 0.3) is 0 Å². The highest BCUT2D eigenvalue weighted by atomic mass is 16.5. The number of carbonyl (C=O) groups is 2. The summed E-state index contributed by atoms with van der Waals surface area (Å²) < 4.78 is 17.7. The Bertz CT molecular complexity index is 1070. The van der Waals surface area contributed by atoms with Crippen LogP contribution < -0.4 is 0 Å². The molecule has 2 aromatic rings. The van der Waals surface area contributed by atoms with E-state index in [2.05, 4.69) is 11.1 Å². The van der Waals surface area contributed by atoms with Gasteiger partial charge in [-0.2, -0.15) is 0 Å². The number of hydrogen-bond donors (Lipinski definition) is 1. The molecule has 0 spiro atoms. The fourth-order valence-electron chi connectivity index (χ4n) is 5.39. The quantitative estimate of drug-likeness (QED) is 0.572. The number of aliphatic carboxylic acids is 1. The number of carbonyl (C=O) groups excluding carboxylic acids is 1. The van der Waals surface area contributed by atoms with Gasteiger partial charge in [0.05, 0.1) is 18.1 Å². The number of benzene rings is 2. The maximum absolute atomic E-state index is 12.6. The first kappa shape index (κ1) is 22.6. The van der Waals surface area contributed by atoms with Crippen molar-refractivity contribution in [2.75, 3.05) is 6.61 Å². The van der Waals surface area contributed by atoms with Crippen LogP contribution in [0.5, 0.6) is 0 Å². The van der Waals surface area contributed by atoms with Gasteiger partial charge < -0.3 is 19.3 Å². The second-order valence-corrected chi connectivity index (χ2v) is 9.23. The van der Waals surface area contributed by atoms with Gasteiger partial charge in [-0.1, -0.05) is 54.6 Å². The molecule has 3 heterocycles. The number of nitrogens with zero attached hydrogens (tertiary/aromatic N) is 1. The molecule has 1 N–H and O–H groups in total. The van der Waals surface area contributed by atoms with Gasteiger partial charge in [-0.05, 0) is 42.4 Å². The number of carboxylic acid groups (broad SMARTS) is 1. The van der Waals surface area contributed by atoms with Crippen LogP contribution in [0.1, 0.15) is 36.0 Å². The lowest BCUT2D eigenvalue weighted by Gasteiger charge is -2.28. The zero-order valence-corrected chi connectivity index (χ0v) is 19.0. The van der Waals surface area contributed by atoms with E-state index in [1.165, 1.54) is 0 Å². The molecule has 3 aliphatic rings. The Morgan fingerprint density at radius 1 is 1.00 bits per heavy atom. The number of fused-ring (bicyclic) bond motifs is 2. The Kier molecular flexibility index (Phi) is 6.63. The molecule has 0 radical (unpaired) electrons. The topological polar surface area (TPSA) is 94.4 Å². The number of aryl methyl sites for hydroxylation is 1. The molecule has 7 heteroatoms. The highest BCUT2D eigenvalue weighted by Gasteiger charge is 2.53. The van der Waals surface area contributed by atoms with Crippen LogP contribution in [0, 0.1) is 11.8 Å². The summed E-state index contributed by atoms with van der Waals surface area (Å²) in [6, 6.07) is 16.9. The molecule has 34 heavy (non-hydrogen) atoms. The van der Waals surface area contributed by atoms with E-state index in [1.54, 1.807) is 0 Å². The van der Waals surface area contributed by atoms with Crippen LogP contribution in [0.4, 0.5) is 0 Å². The minimum Gasteiger partial charge on any atom is -0.481 e. The summed E-state index contributed by atoms with van der Waals surface area (Å²) in [5.41, 5.74) is 3.14. The van der Waals surface area contributed by atoms with E-state index in [0.29, 0.717) is 12.3 Å². The summed E-state index contributed by atoms with van der Waals surface area (Å²) in [6.45, 7) is 0.410. The minimum absolute atomic E-state index is 0.00166. The molecule has 2 fully saturated rings. The van der Waals surface area contributed by atoms with E-state index in [1.807, 2.05) is 48.5 Å².